The third kappa shape index (κ3) is 2.12. The molecule has 0 bridgehead atoms. The molecule has 2 heterocycles. The number of aromatic amines is 2. The van der Waals surface area contributed by atoms with Gasteiger partial charge in [0.25, 0.3) is 0 Å². The number of aromatic nitrogens is 3. The van der Waals surface area contributed by atoms with Gasteiger partial charge in [0.05, 0.1) is 11.4 Å². The van der Waals surface area contributed by atoms with Gasteiger partial charge in [-0.1, -0.05) is 41.9 Å². The molecule has 0 unspecified atom stereocenters. The number of fused-ring (bicyclic) bond motifs is 1. The number of H-pyrrole nitrogens is 2. The second-order valence-electron chi connectivity index (χ2n) is 4.92. The van der Waals surface area contributed by atoms with E-state index in [1.54, 1.807) is 0 Å². The minimum atomic E-state index is 0.728. The molecule has 0 saturated carbocycles. The van der Waals surface area contributed by atoms with Crippen LogP contribution >= 0.6 is 11.6 Å². The van der Waals surface area contributed by atoms with E-state index in [-0.39, 0.29) is 0 Å². The first-order valence-corrected chi connectivity index (χ1v) is 7.07. The molecule has 2 aromatic heterocycles. The van der Waals surface area contributed by atoms with Crippen molar-refractivity contribution in [2.75, 3.05) is 0 Å². The second kappa shape index (κ2) is 4.79. The Kier molecular flexibility index (Phi) is 2.79. The number of hydrogen-bond acceptors (Lipinski definition) is 1. The van der Waals surface area contributed by atoms with Crippen LogP contribution in [0.2, 0.25) is 5.02 Å². The number of rotatable bonds is 2. The van der Waals surface area contributed by atoms with Gasteiger partial charge in [0.2, 0.25) is 0 Å². The molecule has 0 aliphatic heterocycles. The van der Waals surface area contributed by atoms with E-state index in [0.29, 0.717) is 0 Å². The van der Waals surface area contributed by atoms with Gasteiger partial charge in [-0.15, -0.1) is 0 Å². The van der Waals surface area contributed by atoms with E-state index in [1.807, 2.05) is 42.6 Å². The van der Waals surface area contributed by atoms with Crippen LogP contribution in [0.3, 0.4) is 0 Å². The van der Waals surface area contributed by atoms with Crippen LogP contribution < -0.4 is 0 Å². The van der Waals surface area contributed by atoms with E-state index < -0.39 is 0 Å². The highest BCUT2D eigenvalue weighted by atomic mass is 35.5. The lowest BCUT2D eigenvalue weighted by atomic mass is 10.1. The van der Waals surface area contributed by atoms with Crippen LogP contribution in [0.5, 0.6) is 0 Å². The Balaban J connectivity index is 1.79. The molecule has 21 heavy (non-hydrogen) atoms. The van der Waals surface area contributed by atoms with Gasteiger partial charge in [0.15, 0.2) is 0 Å². The molecule has 102 valence electrons. The van der Waals surface area contributed by atoms with E-state index in [2.05, 4.69) is 33.4 Å². The van der Waals surface area contributed by atoms with Gasteiger partial charge >= 0.3 is 0 Å². The number of nitrogens with one attached hydrogen (secondary N) is 2. The molecule has 2 aromatic carbocycles. The minimum Gasteiger partial charge on any atom is -0.360 e. The molecule has 0 aliphatic rings. The van der Waals surface area contributed by atoms with Crippen molar-refractivity contribution in [2.45, 2.75) is 0 Å². The van der Waals surface area contributed by atoms with Gasteiger partial charge in [0, 0.05) is 33.2 Å². The summed E-state index contributed by atoms with van der Waals surface area (Å²) in [5, 5.41) is 9.42. The minimum absolute atomic E-state index is 0.728. The van der Waals surface area contributed by atoms with Gasteiger partial charge in [-0.3, -0.25) is 5.10 Å². The SMILES string of the molecule is Clc1ccc(-c2cc(-c3c[nH]c4ccccc34)[nH]n2)cc1. The number of halogens is 1. The van der Waals surface area contributed by atoms with Gasteiger partial charge in [0.1, 0.15) is 0 Å². The van der Waals surface area contributed by atoms with Crippen molar-refractivity contribution in [1.82, 2.24) is 15.2 Å². The molecule has 0 spiro atoms. The highest BCUT2D eigenvalue weighted by Gasteiger charge is 2.09. The number of para-hydroxylation sites is 1. The summed E-state index contributed by atoms with van der Waals surface area (Å²) in [6.07, 6.45) is 2.00. The van der Waals surface area contributed by atoms with E-state index in [9.17, 15) is 0 Å². The Morgan fingerprint density at radius 1 is 0.952 bits per heavy atom. The maximum atomic E-state index is 5.92. The summed E-state index contributed by atoms with van der Waals surface area (Å²) in [6, 6.07) is 18.0. The normalized spacial score (nSPS) is 11.1. The molecule has 4 rings (SSSR count). The lowest BCUT2D eigenvalue weighted by molar-refractivity contribution is 1.10. The molecule has 0 saturated heterocycles. The first-order chi connectivity index (χ1) is 10.3. The van der Waals surface area contributed by atoms with Gasteiger partial charge in [-0.25, -0.2) is 0 Å². The zero-order chi connectivity index (χ0) is 14.2. The zero-order valence-corrected chi connectivity index (χ0v) is 11.9. The highest BCUT2D eigenvalue weighted by Crippen LogP contribution is 2.29. The van der Waals surface area contributed by atoms with Crippen LogP contribution in [0.1, 0.15) is 0 Å². The third-order valence-corrected chi connectivity index (χ3v) is 3.85. The smallest absolute Gasteiger partial charge is 0.0927 e. The van der Waals surface area contributed by atoms with Crippen LogP contribution in [0, 0.1) is 0 Å². The van der Waals surface area contributed by atoms with Gasteiger partial charge in [-0.2, -0.15) is 5.10 Å². The van der Waals surface area contributed by atoms with Gasteiger partial charge < -0.3 is 4.98 Å². The third-order valence-electron chi connectivity index (χ3n) is 3.60. The summed E-state index contributed by atoms with van der Waals surface area (Å²) in [5.74, 6) is 0. The number of hydrogen-bond donors (Lipinski definition) is 2. The maximum absolute atomic E-state index is 5.92. The summed E-state index contributed by atoms with van der Waals surface area (Å²) < 4.78 is 0. The van der Waals surface area contributed by atoms with Crippen molar-refractivity contribution in [3.05, 3.63) is 65.8 Å². The fraction of sp³-hybridized carbons (Fsp3) is 0. The molecule has 0 atom stereocenters. The van der Waals surface area contributed by atoms with Crippen molar-refractivity contribution in [1.29, 1.82) is 0 Å². The Labute approximate surface area is 126 Å². The Morgan fingerprint density at radius 3 is 2.62 bits per heavy atom. The standard InChI is InChI=1S/C17H12ClN3/c18-12-7-5-11(6-8-12)16-9-17(21-20-16)14-10-19-15-4-2-1-3-13(14)15/h1-10,19H,(H,20,21). The summed E-state index contributed by atoms with van der Waals surface area (Å²) in [6.45, 7) is 0. The molecule has 0 radical (unpaired) electrons. The van der Waals surface area contributed by atoms with E-state index in [0.717, 1.165) is 33.1 Å². The van der Waals surface area contributed by atoms with Crippen molar-refractivity contribution in [3.63, 3.8) is 0 Å². The predicted molar refractivity (Wildman–Crippen MR) is 86.3 cm³/mol. The molecule has 0 aliphatic carbocycles. The number of benzene rings is 2. The van der Waals surface area contributed by atoms with Crippen molar-refractivity contribution < 1.29 is 0 Å². The Morgan fingerprint density at radius 2 is 1.76 bits per heavy atom. The first-order valence-electron chi connectivity index (χ1n) is 6.69. The molecule has 0 fully saturated rings. The Hall–Kier alpha value is -2.52. The summed E-state index contributed by atoms with van der Waals surface area (Å²) in [7, 11) is 0. The van der Waals surface area contributed by atoms with E-state index in [4.69, 9.17) is 11.6 Å². The van der Waals surface area contributed by atoms with Crippen LogP contribution in [0.4, 0.5) is 0 Å². The van der Waals surface area contributed by atoms with Crippen LogP contribution in [0.15, 0.2) is 60.8 Å². The molecule has 0 amide bonds. The lowest BCUT2D eigenvalue weighted by Crippen LogP contribution is -1.76. The topological polar surface area (TPSA) is 44.5 Å². The summed E-state index contributed by atoms with van der Waals surface area (Å²) >= 11 is 5.92. The molecule has 4 aromatic rings. The lowest BCUT2D eigenvalue weighted by Gasteiger charge is -1.95. The fourth-order valence-electron chi connectivity index (χ4n) is 2.52. The molecular weight excluding hydrogens is 282 g/mol. The average molecular weight is 294 g/mol. The van der Waals surface area contributed by atoms with Crippen molar-refractivity contribution in [3.8, 4) is 22.5 Å². The Bertz CT molecular complexity index is 903. The molecule has 4 heteroatoms. The predicted octanol–water partition coefficient (Wildman–Crippen LogP) is 4.88. The zero-order valence-electron chi connectivity index (χ0n) is 11.1. The largest absolute Gasteiger partial charge is 0.360 e. The van der Waals surface area contributed by atoms with Crippen molar-refractivity contribution >= 4 is 22.5 Å². The van der Waals surface area contributed by atoms with Crippen LogP contribution in [-0.2, 0) is 0 Å². The fourth-order valence-corrected chi connectivity index (χ4v) is 2.65. The van der Waals surface area contributed by atoms with E-state index in [1.165, 1.54) is 5.39 Å². The monoisotopic (exact) mass is 293 g/mol. The van der Waals surface area contributed by atoms with Crippen molar-refractivity contribution in [2.24, 2.45) is 0 Å². The van der Waals surface area contributed by atoms with Crippen LogP contribution in [0.25, 0.3) is 33.4 Å². The summed E-state index contributed by atoms with van der Waals surface area (Å²) in [4.78, 5) is 3.28. The van der Waals surface area contributed by atoms with Gasteiger partial charge in [-0.05, 0) is 24.3 Å². The molecule has 2 N–H and O–H groups in total. The second-order valence-corrected chi connectivity index (χ2v) is 5.36. The first kappa shape index (κ1) is 12.2. The maximum Gasteiger partial charge on any atom is 0.0927 e. The molecular formula is C17H12ClN3. The van der Waals surface area contributed by atoms with Crippen LogP contribution in [-0.4, -0.2) is 15.2 Å². The molecule has 3 nitrogen and oxygen atoms in total. The average Bonchev–Trinajstić information content (AvgIpc) is 3.14. The highest BCUT2D eigenvalue weighted by molar-refractivity contribution is 6.30. The van der Waals surface area contributed by atoms with E-state index >= 15 is 0 Å². The summed E-state index contributed by atoms with van der Waals surface area (Å²) in [5.41, 5.74) is 5.19. The number of nitrogens with zero attached hydrogens (tertiary/aromatic N) is 1. The quantitative estimate of drug-likeness (QED) is 0.543.